The predicted molar refractivity (Wildman–Crippen MR) is 73.5 cm³/mol. The Kier molecular flexibility index (Phi) is 2.60. The average Bonchev–Trinajstić information content (AvgIpc) is 2.77. The maximum atomic E-state index is 5.53. The van der Waals surface area contributed by atoms with Crippen LogP contribution in [0.15, 0.2) is 35.1 Å². The van der Waals surface area contributed by atoms with Gasteiger partial charge in [0.2, 0.25) is 5.95 Å². The highest BCUT2D eigenvalue weighted by atomic mass is 79.9. The summed E-state index contributed by atoms with van der Waals surface area (Å²) >= 11 is 3.49. The molecule has 1 aromatic carbocycles. The topological polar surface area (TPSA) is 92.5 Å². The minimum atomic E-state index is 0.239. The number of hydrogen-bond acceptors (Lipinski definition) is 5. The molecule has 3 rings (SSSR count). The number of benzene rings is 1. The molecule has 0 bridgehead atoms. The van der Waals surface area contributed by atoms with Crippen molar-refractivity contribution in [1.29, 1.82) is 0 Å². The van der Waals surface area contributed by atoms with E-state index in [0.29, 0.717) is 5.82 Å². The van der Waals surface area contributed by atoms with Crippen molar-refractivity contribution in [2.75, 3.05) is 11.1 Å². The fraction of sp³-hybridized carbons (Fsp3) is 0. The van der Waals surface area contributed by atoms with Gasteiger partial charge in [-0.2, -0.15) is 10.1 Å². The number of aromatic nitrogens is 4. The van der Waals surface area contributed by atoms with Crippen molar-refractivity contribution in [3.8, 4) is 0 Å². The third-order valence-corrected chi connectivity index (χ3v) is 3.07. The van der Waals surface area contributed by atoms with Crippen molar-refractivity contribution in [2.45, 2.75) is 0 Å². The van der Waals surface area contributed by atoms with Crippen LogP contribution in [-0.4, -0.2) is 20.2 Å². The molecule has 3 aromatic rings. The molecule has 18 heavy (non-hydrogen) atoms. The van der Waals surface area contributed by atoms with E-state index in [0.717, 1.165) is 21.1 Å². The Morgan fingerprint density at radius 3 is 3.06 bits per heavy atom. The molecule has 0 fully saturated rings. The molecule has 0 amide bonds. The van der Waals surface area contributed by atoms with Crippen LogP contribution >= 0.6 is 15.9 Å². The van der Waals surface area contributed by atoms with E-state index in [-0.39, 0.29) is 5.95 Å². The molecule has 0 aliphatic carbocycles. The van der Waals surface area contributed by atoms with Crippen LogP contribution in [0.5, 0.6) is 0 Å². The molecule has 0 saturated carbocycles. The van der Waals surface area contributed by atoms with Crippen LogP contribution in [0.1, 0.15) is 0 Å². The summed E-state index contributed by atoms with van der Waals surface area (Å²) in [6.07, 6.45) is 3.37. The Morgan fingerprint density at radius 1 is 1.33 bits per heavy atom. The number of fused-ring (bicyclic) bond motifs is 1. The average molecular weight is 305 g/mol. The van der Waals surface area contributed by atoms with Gasteiger partial charge in [0.15, 0.2) is 0 Å². The van der Waals surface area contributed by atoms with Crippen LogP contribution in [0.4, 0.5) is 17.5 Å². The number of rotatable bonds is 2. The number of halogens is 1. The van der Waals surface area contributed by atoms with Gasteiger partial charge in [0.1, 0.15) is 5.82 Å². The minimum Gasteiger partial charge on any atom is -0.368 e. The fourth-order valence-corrected chi connectivity index (χ4v) is 2.24. The molecule has 0 unspecified atom stereocenters. The van der Waals surface area contributed by atoms with Crippen LogP contribution in [-0.2, 0) is 0 Å². The molecular formula is C11H9BrN6. The highest BCUT2D eigenvalue weighted by Crippen LogP contribution is 2.27. The summed E-state index contributed by atoms with van der Waals surface area (Å²) < 4.78 is 0.932. The first-order chi connectivity index (χ1) is 8.72. The molecular weight excluding hydrogens is 296 g/mol. The van der Waals surface area contributed by atoms with Gasteiger partial charge in [0, 0.05) is 21.7 Å². The number of nitrogens with zero attached hydrogens (tertiary/aromatic N) is 3. The van der Waals surface area contributed by atoms with Crippen molar-refractivity contribution >= 4 is 44.3 Å². The number of nitrogens with one attached hydrogen (secondary N) is 2. The second-order valence-electron chi connectivity index (χ2n) is 3.72. The molecule has 0 saturated heterocycles. The zero-order valence-electron chi connectivity index (χ0n) is 9.18. The van der Waals surface area contributed by atoms with Gasteiger partial charge in [0.05, 0.1) is 11.7 Å². The quantitative estimate of drug-likeness (QED) is 0.676. The van der Waals surface area contributed by atoms with Gasteiger partial charge in [-0.3, -0.25) is 5.10 Å². The van der Waals surface area contributed by atoms with Gasteiger partial charge >= 0.3 is 0 Å². The first-order valence-corrected chi connectivity index (χ1v) is 6.00. The van der Waals surface area contributed by atoms with Crippen molar-refractivity contribution in [1.82, 2.24) is 20.2 Å². The SMILES string of the molecule is Nc1nccc(Nc2cc(Br)c3[nH]ncc3c2)n1. The molecule has 0 spiro atoms. The Hall–Kier alpha value is -2.15. The summed E-state index contributed by atoms with van der Waals surface area (Å²) in [7, 11) is 0. The van der Waals surface area contributed by atoms with E-state index in [1.165, 1.54) is 0 Å². The number of nitrogen functional groups attached to an aromatic ring is 1. The third kappa shape index (κ3) is 2.00. The molecule has 6 nitrogen and oxygen atoms in total. The Morgan fingerprint density at radius 2 is 2.22 bits per heavy atom. The second kappa shape index (κ2) is 4.26. The largest absolute Gasteiger partial charge is 0.368 e. The number of aromatic amines is 1. The Labute approximate surface area is 111 Å². The van der Waals surface area contributed by atoms with E-state index in [9.17, 15) is 0 Å². The number of anilines is 3. The van der Waals surface area contributed by atoms with Gasteiger partial charge in [-0.1, -0.05) is 0 Å². The summed E-state index contributed by atoms with van der Waals surface area (Å²) in [6, 6.07) is 5.67. The molecule has 4 N–H and O–H groups in total. The molecule has 0 atom stereocenters. The first-order valence-electron chi connectivity index (χ1n) is 5.20. The maximum absolute atomic E-state index is 5.53. The molecule has 2 aromatic heterocycles. The smallest absolute Gasteiger partial charge is 0.221 e. The lowest BCUT2D eigenvalue weighted by atomic mass is 10.2. The van der Waals surface area contributed by atoms with E-state index < -0.39 is 0 Å². The molecule has 2 heterocycles. The normalized spacial score (nSPS) is 10.7. The predicted octanol–water partition coefficient (Wildman–Crippen LogP) is 2.44. The minimum absolute atomic E-state index is 0.239. The van der Waals surface area contributed by atoms with E-state index >= 15 is 0 Å². The van der Waals surface area contributed by atoms with Gasteiger partial charge in [0.25, 0.3) is 0 Å². The van der Waals surface area contributed by atoms with E-state index in [1.54, 1.807) is 18.5 Å². The molecule has 0 aliphatic heterocycles. The van der Waals surface area contributed by atoms with Crippen molar-refractivity contribution in [3.05, 3.63) is 35.1 Å². The van der Waals surface area contributed by atoms with Gasteiger partial charge in [-0.15, -0.1) is 0 Å². The van der Waals surface area contributed by atoms with Gasteiger partial charge in [-0.05, 0) is 34.1 Å². The van der Waals surface area contributed by atoms with Crippen LogP contribution in [0.25, 0.3) is 10.9 Å². The summed E-state index contributed by atoms with van der Waals surface area (Å²) in [5.74, 6) is 0.890. The second-order valence-corrected chi connectivity index (χ2v) is 4.57. The highest BCUT2D eigenvalue weighted by Gasteiger charge is 2.04. The van der Waals surface area contributed by atoms with E-state index in [4.69, 9.17) is 5.73 Å². The van der Waals surface area contributed by atoms with Gasteiger partial charge < -0.3 is 11.1 Å². The molecule has 0 aliphatic rings. The van der Waals surface area contributed by atoms with Crippen LogP contribution in [0.2, 0.25) is 0 Å². The van der Waals surface area contributed by atoms with Crippen molar-refractivity contribution in [2.24, 2.45) is 0 Å². The van der Waals surface area contributed by atoms with E-state index in [2.05, 4.69) is 41.4 Å². The van der Waals surface area contributed by atoms with Crippen molar-refractivity contribution < 1.29 is 0 Å². The first kappa shape index (κ1) is 11.0. The molecule has 90 valence electrons. The zero-order valence-corrected chi connectivity index (χ0v) is 10.8. The monoisotopic (exact) mass is 304 g/mol. The summed E-state index contributed by atoms with van der Waals surface area (Å²) in [5, 5.41) is 11.1. The number of nitrogens with two attached hydrogens (primary N) is 1. The summed E-state index contributed by atoms with van der Waals surface area (Å²) in [4.78, 5) is 7.93. The third-order valence-electron chi connectivity index (χ3n) is 2.45. The Bertz CT molecular complexity index is 708. The van der Waals surface area contributed by atoms with E-state index in [1.807, 2.05) is 12.1 Å². The lowest BCUT2D eigenvalue weighted by molar-refractivity contribution is 1.12. The highest BCUT2D eigenvalue weighted by molar-refractivity contribution is 9.10. The standard InChI is InChI=1S/C11H9BrN6/c12-8-4-7(3-6-5-15-18-10(6)8)16-9-1-2-14-11(13)17-9/h1-5H,(H,15,18)(H3,13,14,16,17). The summed E-state index contributed by atoms with van der Waals surface area (Å²) in [5.41, 5.74) is 7.39. The van der Waals surface area contributed by atoms with Gasteiger partial charge in [-0.25, -0.2) is 4.98 Å². The summed E-state index contributed by atoms with van der Waals surface area (Å²) in [6.45, 7) is 0. The lowest BCUT2D eigenvalue weighted by Gasteiger charge is -2.06. The fourth-order valence-electron chi connectivity index (χ4n) is 1.68. The molecule has 0 radical (unpaired) electrons. The molecule has 7 heteroatoms. The maximum Gasteiger partial charge on any atom is 0.221 e. The van der Waals surface area contributed by atoms with Crippen LogP contribution in [0, 0.1) is 0 Å². The van der Waals surface area contributed by atoms with Crippen LogP contribution in [0.3, 0.4) is 0 Å². The number of hydrogen-bond donors (Lipinski definition) is 3. The Balaban J connectivity index is 1.99. The zero-order chi connectivity index (χ0) is 12.5. The van der Waals surface area contributed by atoms with Crippen LogP contribution < -0.4 is 11.1 Å². The lowest BCUT2D eigenvalue weighted by Crippen LogP contribution is -1.98. The number of H-pyrrole nitrogens is 1. The van der Waals surface area contributed by atoms with Crippen molar-refractivity contribution in [3.63, 3.8) is 0 Å².